The first-order valence-corrected chi connectivity index (χ1v) is 10.5. The van der Waals surface area contributed by atoms with Gasteiger partial charge < -0.3 is 4.90 Å². The molecule has 3 heterocycles. The van der Waals surface area contributed by atoms with Crippen LogP contribution in [0.25, 0.3) is 0 Å². The van der Waals surface area contributed by atoms with Crippen molar-refractivity contribution in [1.82, 2.24) is 20.7 Å². The number of benzene rings is 1. The Morgan fingerprint density at radius 1 is 1.25 bits per heavy atom. The minimum absolute atomic E-state index is 0.134. The molecule has 2 unspecified atom stereocenters. The second kappa shape index (κ2) is 8.88. The van der Waals surface area contributed by atoms with Crippen LogP contribution in [0, 0.1) is 17.2 Å². The lowest BCUT2D eigenvalue weighted by atomic mass is 9.94. The van der Waals surface area contributed by atoms with Crippen molar-refractivity contribution < 1.29 is 4.79 Å². The molecular weight excluding hydrogens is 372 g/mol. The number of nitrogens with zero attached hydrogens (tertiary/aromatic N) is 4. The highest BCUT2D eigenvalue weighted by Gasteiger charge is 2.32. The second-order valence-corrected chi connectivity index (χ2v) is 8.16. The largest absolute Gasteiger partial charge is 0.348 e. The van der Waals surface area contributed by atoms with Crippen molar-refractivity contribution in [2.24, 2.45) is 10.9 Å². The number of hydrogen-bond acceptors (Lipinski definition) is 7. The molecule has 0 aliphatic carbocycles. The molecule has 0 saturated carbocycles. The molecule has 1 amide bonds. The topological polar surface area (TPSA) is 83.8 Å². The standard InChI is InChI=1S/C20H24N6OS/c21-7-4-8-25-9-11-26(12-10-25)20-23-19(27)17(28-20)13-16-14-22-24-18(16)15-5-2-1-3-6-15/h1-3,5-6,13,16,18,22,24H,4,8-12,14H2/b17-13+. The zero-order valence-corrected chi connectivity index (χ0v) is 16.5. The average molecular weight is 397 g/mol. The van der Waals surface area contributed by atoms with Gasteiger partial charge in [-0.3, -0.25) is 15.1 Å². The Labute approximate surface area is 169 Å². The van der Waals surface area contributed by atoms with Crippen LogP contribution in [0.2, 0.25) is 0 Å². The van der Waals surface area contributed by atoms with Crippen molar-refractivity contribution >= 4 is 22.8 Å². The summed E-state index contributed by atoms with van der Waals surface area (Å²) in [5.41, 5.74) is 7.74. The van der Waals surface area contributed by atoms with Gasteiger partial charge in [-0.05, 0) is 17.3 Å². The number of hydrazine groups is 1. The highest BCUT2D eigenvalue weighted by Crippen LogP contribution is 2.33. The maximum atomic E-state index is 12.5. The summed E-state index contributed by atoms with van der Waals surface area (Å²) in [6.07, 6.45) is 2.63. The summed E-state index contributed by atoms with van der Waals surface area (Å²) >= 11 is 1.49. The number of piperazine rings is 1. The van der Waals surface area contributed by atoms with E-state index in [-0.39, 0.29) is 17.9 Å². The van der Waals surface area contributed by atoms with Gasteiger partial charge in [0.1, 0.15) is 0 Å². The zero-order chi connectivity index (χ0) is 19.3. The molecule has 1 aromatic rings. The van der Waals surface area contributed by atoms with Gasteiger partial charge in [0.05, 0.1) is 17.0 Å². The average Bonchev–Trinajstić information content (AvgIpc) is 3.34. The number of carbonyl (C=O) groups is 1. The van der Waals surface area contributed by atoms with Gasteiger partial charge in [-0.15, -0.1) is 0 Å². The van der Waals surface area contributed by atoms with Crippen molar-refractivity contribution in [3.05, 3.63) is 46.9 Å². The highest BCUT2D eigenvalue weighted by atomic mass is 32.2. The Morgan fingerprint density at radius 3 is 2.79 bits per heavy atom. The number of carbonyl (C=O) groups excluding carboxylic acids is 1. The van der Waals surface area contributed by atoms with Gasteiger partial charge in [0, 0.05) is 51.6 Å². The van der Waals surface area contributed by atoms with Crippen molar-refractivity contribution in [2.75, 3.05) is 39.3 Å². The molecule has 0 spiro atoms. The molecule has 28 heavy (non-hydrogen) atoms. The number of aliphatic imine (C=N–C) groups is 1. The lowest BCUT2D eigenvalue weighted by Crippen LogP contribution is -2.47. The van der Waals surface area contributed by atoms with Gasteiger partial charge in [-0.1, -0.05) is 36.4 Å². The molecule has 4 rings (SSSR count). The van der Waals surface area contributed by atoms with Crippen LogP contribution in [-0.2, 0) is 4.79 Å². The molecule has 2 atom stereocenters. The van der Waals surface area contributed by atoms with Gasteiger partial charge in [0.25, 0.3) is 5.91 Å². The molecule has 146 valence electrons. The molecule has 0 radical (unpaired) electrons. The van der Waals surface area contributed by atoms with Crippen molar-refractivity contribution in [3.8, 4) is 6.07 Å². The minimum atomic E-state index is -0.134. The number of amides is 1. The molecular formula is C20H24N6OS. The number of nitriles is 1. The normalized spacial score (nSPS) is 27.2. The number of nitrogens with one attached hydrogen (secondary N) is 2. The van der Waals surface area contributed by atoms with E-state index in [2.05, 4.69) is 49.9 Å². The van der Waals surface area contributed by atoms with Crippen LogP contribution in [-0.4, -0.2) is 60.1 Å². The Bertz CT molecular complexity index is 810. The fraction of sp³-hybridized carbons (Fsp3) is 0.450. The van der Waals surface area contributed by atoms with Crippen LogP contribution >= 0.6 is 11.8 Å². The van der Waals surface area contributed by atoms with Crippen molar-refractivity contribution in [3.63, 3.8) is 0 Å². The number of hydrogen-bond donors (Lipinski definition) is 2. The number of amidine groups is 1. The molecule has 7 nitrogen and oxygen atoms in total. The van der Waals surface area contributed by atoms with E-state index in [4.69, 9.17) is 5.26 Å². The zero-order valence-electron chi connectivity index (χ0n) is 15.7. The molecule has 3 aliphatic heterocycles. The quantitative estimate of drug-likeness (QED) is 0.746. The highest BCUT2D eigenvalue weighted by molar-refractivity contribution is 8.18. The molecule has 2 fully saturated rings. The van der Waals surface area contributed by atoms with Crippen molar-refractivity contribution in [2.45, 2.75) is 12.5 Å². The molecule has 8 heteroatoms. The van der Waals surface area contributed by atoms with Crippen LogP contribution in [0.4, 0.5) is 0 Å². The Morgan fingerprint density at radius 2 is 2.04 bits per heavy atom. The maximum Gasteiger partial charge on any atom is 0.285 e. The van der Waals surface area contributed by atoms with Crippen LogP contribution in [0.15, 0.2) is 46.3 Å². The van der Waals surface area contributed by atoms with E-state index in [0.717, 1.165) is 49.3 Å². The molecule has 3 aliphatic rings. The van der Waals surface area contributed by atoms with E-state index in [9.17, 15) is 4.79 Å². The van der Waals surface area contributed by atoms with Gasteiger partial charge >= 0.3 is 0 Å². The van der Waals surface area contributed by atoms with Gasteiger partial charge in [-0.2, -0.15) is 10.3 Å². The van der Waals surface area contributed by atoms with E-state index < -0.39 is 0 Å². The fourth-order valence-corrected chi connectivity index (χ4v) is 4.78. The minimum Gasteiger partial charge on any atom is -0.348 e. The summed E-state index contributed by atoms with van der Waals surface area (Å²) < 4.78 is 0. The van der Waals surface area contributed by atoms with Crippen LogP contribution in [0.3, 0.4) is 0 Å². The monoisotopic (exact) mass is 396 g/mol. The summed E-state index contributed by atoms with van der Waals surface area (Å²) in [7, 11) is 0. The fourth-order valence-electron chi connectivity index (χ4n) is 3.77. The Kier molecular flexibility index (Phi) is 6.07. The first kappa shape index (κ1) is 19.2. The van der Waals surface area contributed by atoms with Crippen LogP contribution in [0.5, 0.6) is 0 Å². The van der Waals surface area contributed by atoms with Crippen molar-refractivity contribution in [1.29, 1.82) is 5.26 Å². The Hall–Kier alpha value is -2.18. The lowest BCUT2D eigenvalue weighted by Gasteiger charge is -2.34. The lowest BCUT2D eigenvalue weighted by molar-refractivity contribution is -0.113. The van der Waals surface area contributed by atoms with Gasteiger partial charge in [0.15, 0.2) is 5.17 Å². The predicted molar refractivity (Wildman–Crippen MR) is 110 cm³/mol. The van der Waals surface area contributed by atoms with E-state index in [1.54, 1.807) is 0 Å². The summed E-state index contributed by atoms with van der Waals surface area (Å²) in [6.45, 7) is 5.09. The smallest absolute Gasteiger partial charge is 0.285 e. The van der Waals surface area contributed by atoms with Crippen LogP contribution < -0.4 is 10.9 Å². The summed E-state index contributed by atoms with van der Waals surface area (Å²) in [5, 5.41) is 9.54. The van der Waals surface area contributed by atoms with E-state index in [1.165, 1.54) is 17.3 Å². The molecule has 1 aromatic carbocycles. The number of rotatable bonds is 4. The predicted octanol–water partition coefficient (Wildman–Crippen LogP) is 1.50. The van der Waals surface area contributed by atoms with E-state index in [0.29, 0.717) is 6.42 Å². The first-order valence-electron chi connectivity index (χ1n) is 9.65. The SMILES string of the molecule is N#CCCN1CCN(C2=NC(=O)/C(=C\C3CNNC3c3ccccc3)S2)CC1. The van der Waals surface area contributed by atoms with Crippen LogP contribution in [0.1, 0.15) is 18.0 Å². The third-order valence-corrected chi connectivity index (χ3v) is 6.40. The third-order valence-electron chi connectivity index (χ3n) is 5.34. The molecule has 2 N–H and O–H groups in total. The van der Waals surface area contributed by atoms with Gasteiger partial charge in [-0.25, -0.2) is 5.43 Å². The van der Waals surface area contributed by atoms with E-state index >= 15 is 0 Å². The third kappa shape index (κ3) is 4.28. The number of thioether (sulfide) groups is 1. The summed E-state index contributed by atoms with van der Waals surface area (Å²) in [4.78, 5) is 22.0. The second-order valence-electron chi connectivity index (χ2n) is 7.15. The summed E-state index contributed by atoms with van der Waals surface area (Å²) in [5.74, 6) is 0.0665. The summed E-state index contributed by atoms with van der Waals surface area (Å²) in [6, 6.07) is 12.6. The van der Waals surface area contributed by atoms with E-state index in [1.807, 2.05) is 18.2 Å². The molecule has 0 bridgehead atoms. The van der Waals surface area contributed by atoms with Gasteiger partial charge in [0.2, 0.25) is 0 Å². The molecule has 2 saturated heterocycles. The Balaban J connectivity index is 1.38. The molecule has 0 aromatic heterocycles. The maximum absolute atomic E-state index is 12.5. The first-order chi connectivity index (χ1) is 13.7.